The second-order valence-electron chi connectivity index (χ2n) is 9.19. The maximum atomic E-state index is 12.4. The lowest BCUT2D eigenvalue weighted by Crippen LogP contribution is -2.38. The van der Waals surface area contributed by atoms with Crippen molar-refractivity contribution in [1.82, 2.24) is 25.2 Å². The average Bonchev–Trinajstić information content (AvgIpc) is 3.39. The Bertz CT molecular complexity index is 1300. The molecule has 0 radical (unpaired) electrons. The van der Waals surface area contributed by atoms with Gasteiger partial charge < -0.3 is 20.7 Å². The molecule has 1 fully saturated rings. The molecule has 10 nitrogen and oxygen atoms in total. The summed E-state index contributed by atoms with van der Waals surface area (Å²) in [5.74, 6) is 0.228. The van der Waals surface area contributed by atoms with Gasteiger partial charge in [-0.2, -0.15) is 0 Å². The van der Waals surface area contributed by atoms with Crippen LogP contribution in [0.1, 0.15) is 24.0 Å². The number of nitrogens with one attached hydrogen (secondary N) is 3. The smallest absolute Gasteiger partial charge is 0.249 e. The highest BCUT2D eigenvalue weighted by Crippen LogP contribution is 2.28. The second kappa shape index (κ2) is 11.9. The Labute approximate surface area is 215 Å². The third-order valence-corrected chi connectivity index (χ3v) is 6.57. The lowest BCUT2D eigenvalue weighted by molar-refractivity contribution is -0.117. The molecule has 0 unspecified atom stereocenters. The lowest BCUT2D eigenvalue weighted by atomic mass is 10.1. The van der Waals surface area contributed by atoms with Crippen LogP contribution in [-0.2, 0) is 27.2 Å². The minimum absolute atomic E-state index is 0.308. The van der Waals surface area contributed by atoms with Gasteiger partial charge in [-0.15, -0.1) is 0 Å². The van der Waals surface area contributed by atoms with Gasteiger partial charge in [-0.1, -0.05) is 6.07 Å². The van der Waals surface area contributed by atoms with Crippen LogP contribution in [-0.4, -0.2) is 71.1 Å². The van der Waals surface area contributed by atoms with E-state index in [2.05, 4.69) is 54.0 Å². The van der Waals surface area contributed by atoms with Crippen LogP contribution in [0.2, 0.25) is 0 Å². The van der Waals surface area contributed by atoms with Crippen molar-refractivity contribution >= 4 is 40.0 Å². The Morgan fingerprint density at radius 2 is 1.84 bits per heavy atom. The van der Waals surface area contributed by atoms with Crippen molar-refractivity contribution < 1.29 is 14.3 Å². The van der Waals surface area contributed by atoms with Crippen molar-refractivity contribution in [3.05, 3.63) is 60.1 Å². The number of aryl methyl sites for hydroxylation is 2. The van der Waals surface area contributed by atoms with Crippen LogP contribution in [0.15, 0.2) is 48.9 Å². The number of rotatable bonds is 9. The number of hydrogen-bond donors (Lipinski definition) is 3. The Hall–Kier alpha value is -3.89. The lowest BCUT2D eigenvalue weighted by Gasteiger charge is -2.26. The third kappa shape index (κ3) is 6.66. The normalized spacial score (nSPS) is 15.6. The summed E-state index contributed by atoms with van der Waals surface area (Å²) in [5, 5.41) is 9.62. The van der Waals surface area contributed by atoms with E-state index in [0.29, 0.717) is 23.7 Å². The minimum atomic E-state index is -0.444. The largest absolute Gasteiger partial charge is 0.379 e. The summed E-state index contributed by atoms with van der Waals surface area (Å²) in [6.45, 7) is 4.83. The molecule has 2 aliphatic rings. The van der Waals surface area contributed by atoms with Crippen LogP contribution in [0.4, 0.5) is 17.3 Å². The fourth-order valence-electron chi connectivity index (χ4n) is 4.63. The summed E-state index contributed by atoms with van der Waals surface area (Å²) in [6.07, 6.45) is 9.77. The first kappa shape index (κ1) is 24.8. The zero-order chi connectivity index (χ0) is 25.5. The highest BCUT2D eigenvalue weighted by atomic mass is 16.5. The number of morpholine rings is 1. The predicted octanol–water partition coefficient (Wildman–Crippen LogP) is 2.59. The van der Waals surface area contributed by atoms with Gasteiger partial charge >= 0.3 is 0 Å². The number of amides is 2. The number of nitrogens with zero attached hydrogens (tertiary/aromatic N) is 4. The van der Waals surface area contributed by atoms with Crippen molar-refractivity contribution in [2.24, 2.45) is 0 Å². The second-order valence-corrected chi connectivity index (χ2v) is 9.19. The van der Waals surface area contributed by atoms with Crippen LogP contribution >= 0.6 is 0 Å². The van der Waals surface area contributed by atoms with Crippen LogP contribution in [0.25, 0.3) is 10.9 Å². The van der Waals surface area contributed by atoms with Crippen molar-refractivity contribution in [2.45, 2.75) is 25.7 Å². The SMILES string of the molecule is O=C(/C=C/C(=O)Nc1cc2c(Nc3ccc4c(c3)CCC4)ncnc2cn1)NCCCN1CCOCC1. The summed E-state index contributed by atoms with van der Waals surface area (Å²) in [5.41, 5.74) is 4.39. The molecule has 0 saturated carbocycles. The number of ether oxygens (including phenoxy) is 1. The molecule has 37 heavy (non-hydrogen) atoms. The first-order valence-corrected chi connectivity index (χ1v) is 12.7. The van der Waals surface area contributed by atoms with Gasteiger partial charge in [0.15, 0.2) is 0 Å². The van der Waals surface area contributed by atoms with E-state index in [1.807, 2.05) is 0 Å². The number of benzene rings is 1. The maximum Gasteiger partial charge on any atom is 0.249 e. The third-order valence-electron chi connectivity index (χ3n) is 6.57. The fourth-order valence-corrected chi connectivity index (χ4v) is 4.63. The van der Waals surface area contributed by atoms with Gasteiger partial charge in [-0.3, -0.25) is 14.5 Å². The van der Waals surface area contributed by atoms with E-state index in [1.165, 1.54) is 36.0 Å². The number of aromatic nitrogens is 3. The van der Waals surface area contributed by atoms with Gasteiger partial charge in [0, 0.05) is 42.9 Å². The Balaban J connectivity index is 1.15. The minimum Gasteiger partial charge on any atom is -0.379 e. The van der Waals surface area contributed by atoms with Crippen LogP contribution in [0.3, 0.4) is 0 Å². The molecule has 5 rings (SSSR count). The molecular formula is C27H31N7O3. The number of carbonyl (C=O) groups is 2. The van der Waals surface area contributed by atoms with Crippen molar-refractivity contribution in [3.8, 4) is 0 Å². The van der Waals surface area contributed by atoms with Crippen molar-refractivity contribution in [3.63, 3.8) is 0 Å². The predicted molar refractivity (Wildman–Crippen MR) is 142 cm³/mol. The molecular weight excluding hydrogens is 470 g/mol. The van der Waals surface area contributed by atoms with E-state index in [0.717, 1.165) is 63.2 Å². The first-order chi connectivity index (χ1) is 18.1. The molecule has 0 bridgehead atoms. The van der Waals surface area contributed by atoms with Crippen molar-refractivity contribution in [2.75, 3.05) is 50.0 Å². The molecule has 3 aromatic rings. The van der Waals surface area contributed by atoms with Gasteiger partial charge in [0.05, 0.1) is 24.9 Å². The van der Waals surface area contributed by atoms with Crippen LogP contribution < -0.4 is 16.0 Å². The highest BCUT2D eigenvalue weighted by Gasteiger charge is 2.13. The zero-order valence-electron chi connectivity index (χ0n) is 20.7. The van der Waals surface area contributed by atoms with Gasteiger partial charge in [0.2, 0.25) is 11.8 Å². The van der Waals surface area contributed by atoms with Gasteiger partial charge in [-0.25, -0.2) is 15.0 Å². The van der Waals surface area contributed by atoms with E-state index in [9.17, 15) is 9.59 Å². The first-order valence-electron chi connectivity index (χ1n) is 12.7. The molecule has 1 aliphatic heterocycles. The summed E-state index contributed by atoms with van der Waals surface area (Å²) < 4.78 is 5.33. The molecule has 0 atom stereocenters. The number of anilines is 3. The zero-order valence-corrected chi connectivity index (χ0v) is 20.7. The Morgan fingerprint density at radius 1 is 1.00 bits per heavy atom. The molecule has 2 amide bonds. The molecule has 2 aromatic heterocycles. The molecule has 10 heteroatoms. The van der Waals surface area contributed by atoms with Crippen LogP contribution in [0, 0.1) is 0 Å². The molecule has 0 spiro atoms. The molecule has 3 N–H and O–H groups in total. The van der Waals surface area contributed by atoms with E-state index < -0.39 is 5.91 Å². The Morgan fingerprint density at radius 3 is 2.73 bits per heavy atom. The van der Waals surface area contributed by atoms with Crippen LogP contribution in [0.5, 0.6) is 0 Å². The molecule has 1 aliphatic carbocycles. The van der Waals surface area contributed by atoms with E-state index >= 15 is 0 Å². The van der Waals surface area contributed by atoms with Gasteiger partial charge in [0.25, 0.3) is 0 Å². The van der Waals surface area contributed by atoms with E-state index in [-0.39, 0.29) is 5.91 Å². The number of carbonyl (C=O) groups excluding carboxylic acids is 2. The molecule has 3 heterocycles. The molecule has 1 aromatic carbocycles. The molecule has 1 saturated heterocycles. The maximum absolute atomic E-state index is 12.4. The summed E-state index contributed by atoms with van der Waals surface area (Å²) in [7, 11) is 0. The standard InChI is InChI=1S/C27H31N7O3/c35-25(28-9-2-10-34-11-13-37-14-12-34)7-8-26(36)33-24-16-22-23(17-29-24)30-18-31-27(22)32-21-6-5-19-3-1-4-20(19)15-21/h5-8,15-18H,1-4,9-14H2,(H,28,35)(H,29,33,36)(H,30,31,32)/b8-7+. The quantitative estimate of drug-likeness (QED) is 0.302. The number of fused-ring (bicyclic) bond motifs is 2. The summed E-state index contributed by atoms with van der Waals surface area (Å²) in [6, 6.07) is 8.11. The van der Waals surface area contributed by atoms with Gasteiger partial charge in [0.1, 0.15) is 18.0 Å². The summed E-state index contributed by atoms with van der Waals surface area (Å²) in [4.78, 5) is 39.7. The highest BCUT2D eigenvalue weighted by molar-refractivity contribution is 6.04. The Kier molecular flexibility index (Phi) is 7.97. The van der Waals surface area contributed by atoms with E-state index in [1.54, 1.807) is 12.3 Å². The topological polar surface area (TPSA) is 121 Å². The number of hydrogen-bond acceptors (Lipinski definition) is 8. The molecule has 192 valence electrons. The van der Waals surface area contributed by atoms with E-state index in [4.69, 9.17) is 4.74 Å². The summed E-state index contributed by atoms with van der Waals surface area (Å²) >= 11 is 0. The average molecular weight is 502 g/mol. The monoisotopic (exact) mass is 501 g/mol. The van der Waals surface area contributed by atoms with Gasteiger partial charge in [-0.05, 0) is 61.6 Å². The van der Waals surface area contributed by atoms with Crippen molar-refractivity contribution in [1.29, 1.82) is 0 Å². The fraction of sp³-hybridized carbons (Fsp3) is 0.370. The number of pyridine rings is 1.